The Morgan fingerprint density at radius 1 is 1.11 bits per heavy atom. The molecule has 0 unspecified atom stereocenters. The molecule has 3 aromatic heterocycles. The van der Waals surface area contributed by atoms with E-state index in [9.17, 15) is 9.59 Å². The molecular formula is C19H17N5O3. The average Bonchev–Trinajstić information content (AvgIpc) is 3.34. The minimum absolute atomic E-state index is 0.159. The minimum Gasteiger partial charge on any atom is -0.463 e. The SMILES string of the molecule is O=C(Cn1cnc2ccccc21)NCCn1nc(-c2ccco2)ccc1=O. The zero-order valence-electron chi connectivity index (χ0n) is 14.4. The van der Waals surface area contributed by atoms with Crippen molar-refractivity contribution in [2.75, 3.05) is 6.54 Å². The zero-order chi connectivity index (χ0) is 18.6. The van der Waals surface area contributed by atoms with Gasteiger partial charge in [-0.2, -0.15) is 5.10 Å². The largest absolute Gasteiger partial charge is 0.463 e. The van der Waals surface area contributed by atoms with Crippen molar-refractivity contribution in [3.05, 3.63) is 71.5 Å². The van der Waals surface area contributed by atoms with Crippen LogP contribution in [0, 0.1) is 0 Å². The molecule has 0 radical (unpaired) electrons. The van der Waals surface area contributed by atoms with Gasteiger partial charge in [0.1, 0.15) is 12.2 Å². The standard InChI is InChI=1S/C19H17N5O3/c25-18(12-23-13-21-14-4-1-2-5-16(14)23)20-9-10-24-19(26)8-7-15(22-24)17-6-3-11-27-17/h1-8,11,13H,9-10,12H2,(H,20,25). The van der Waals surface area contributed by atoms with Gasteiger partial charge < -0.3 is 14.3 Å². The van der Waals surface area contributed by atoms with Crippen molar-refractivity contribution in [3.63, 3.8) is 0 Å². The van der Waals surface area contributed by atoms with Crippen molar-refractivity contribution in [2.24, 2.45) is 0 Å². The molecule has 4 aromatic rings. The zero-order valence-corrected chi connectivity index (χ0v) is 14.4. The van der Waals surface area contributed by atoms with Crippen molar-refractivity contribution in [1.82, 2.24) is 24.6 Å². The second-order valence-corrected chi connectivity index (χ2v) is 5.97. The number of nitrogens with one attached hydrogen (secondary N) is 1. The van der Waals surface area contributed by atoms with Crippen molar-refractivity contribution in [3.8, 4) is 11.5 Å². The summed E-state index contributed by atoms with van der Waals surface area (Å²) in [5.74, 6) is 0.424. The van der Waals surface area contributed by atoms with Crippen molar-refractivity contribution in [2.45, 2.75) is 13.1 Å². The Balaban J connectivity index is 1.37. The number of carbonyl (C=O) groups is 1. The van der Waals surface area contributed by atoms with Crippen LogP contribution < -0.4 is 10.9 Å². The molecule has 0 saturated heterocycles. The van der Waals surface area contributed by atoms with Gasteiger partial charge in [0.15, 0.2) is 5.76 Å². The van der Waals surface area contributed by atoms with Crippen LogP contribution in [0.5, 0.6) is 0 Å². The third-order valence-corrected chi connectivity index (χ3v) is 4.13. The van der Waals surface area contributed by atoms with E-state index in [1.54, 1.807) is 35.4 Å². The maximum Gasteiger partial charge on any atom is 0.266 e. The molecule has 0 aliphatic heterocycles. The third kappa shape index (κ3) is 3.64. The molecule has 0 spiro atoms. The number of furan rings is 1. The first-order chi connectivity index (χ1) is 13.2. The molecule has 0 fully saturated rings. The Bertz CT molecular complexity index is 1130. The Morgan fingerprint density at radius 3 is 2.85 bits per heavy atom. The van der Waals surface area contributed by atoms with E-state index >= 15 is 0 Å². The number of amides is 1. The first kappa shape index (κ1) is 16.8. The van der Waals surface area contributed by atoms with Gasteiger partial charge >= 0.3 is 0 Å². The van der Waals surface area contributed by atoms with Crippen LogP contribution in [0.4, 0.5) is 0 Å². The van der Waals surface area contributed by atoms with E-state index in [-0.39, 0.29) is 24.6 Å². The molecular weight excluding hydrogens is 346 g/mol. The molecule has 4 rings (SSSR count). The third-order valence-electron chi connectivity index (χ3n) is 4.13. The second kappa shape index (κ2) is 7.28. The first-order valence-electron chi connectivity index (χ1n) is 8.49. The van der Waals surface area contributed by atoms with E-state index in [1.807, 2.05) is 24.3 Å². The molecule has 1 amide bonds. The van der Waals surface area contributed by atoms with E-state index in [4.69, 9.17) is 4.42 Å². The summed E-state index contributed by atoms with van der Waals surface area (Å²) in [5, 5.41) is 7.08. The summed E-state index contributed by atoms with van der Waals surface area (Å²) in [4.78, 5) is 28.4. The Morgan fingerprint density at radius 2 is 2.00 bits per heavy atom. The van der Waals surface area contributed by atoms with Gasteiger partial charge in [-0.15, -0.1) is 0 Å². The highest BCUT2D eigenvalue weighted by atomic mass is 16.3. The molecule has 0 aliphatic rings. The topological polar surface area (TPSA) is 95.0 Å². The number of carbonyl (C=O) groups excluding carboxylic acids is 1. The fraction of sp³-hybridized carbons (Fsp3) is 0.158. The van der Waals surface area contributed by atoms with Crippen molar-refractivity contribution < 1.29 is 9.21 Å². The molecule has 0 atom stereocenters. The van der Waals surface area contributed by atoms with Crippen LogP contribution in [0.15, 0.2) is 70.3 Å². The smallest absolute Gasteiger partial charge is 0.266 e. The lowest BCUT2D eigenvalue weighted by atomic mass is 10.3. The number of benzene rings is 1. The molecule has 3 heterocycles. The normalized spacial score (nSPS) is 11.0. The maximum absolute atomic E-state index is 12.2. The van der Waals surface area contributed by atoms with E-state index < -0.39 is 0 Å². The summed E-state index contributed by atoms with van der Waals surface area (Å²) < 4.78 is 8.39. The van der Waals surface area contributed by atoms with Crippen LogP contribution >= 0.6 is 0 Å². The van der Waals surface area contributed by atoms with Gasteiger partial charge in [-0.3, -0.25) is 9.59 Å². The van der Waals surface area contributed by atoms with Crippen molar-refractivity contribution in [1.29, 1.82) is 0 Å². The van der Waals surface area contributed by atoms with Crippen LogP contribution in [0.25, 0.3) is 22.5 Å². The summed E-state index contributed by atoms with van der Waals surface area (Å²) in [7, 11) is 0. The van der Waals surface area contributed by atoms with Gasteiger partial charge in [0, 0.05) is 12.6 Å². The van der Waals surface area contributed by atoms with Crippen LogP contribution in [0.2, 0.25) is 0 Å². The number of nitrogens with zero attached hydrogens (tertiary/aromatic N) is 4. The van der Waals surface area contributed by atoms with Gasteiger partial charge in [0.05, 0.1) is 30.2 Å². The average molecular weight is 363 g/mol. The lowest BCUT2D eigenvalue weighted by Crippen LogP contribution is -2.33. The molecule has 8 heteroatoms. The van der Waals surface area contributed by atoms with Gasteiger partial charge in [0.25, 0.3) is 5.56 Å². The van der Waals surface area contributed by atoms with E-state index in [0.717, 1.165) is 11.0 Å². The van der Waals surface area contributed by atoms with Gasteiger partial charge in [-0.1, -0.05) is 12.1 Å². The van der Waals surface area contributed by atoms with Gasteiger partial charge in [0.2, 0.25) is 5.91 Å². The Kier molecular flexibility index (Phi) is 4.52. The summed E-state index contributed by atoms with van der Waals surface area (Å²) in [5.41, 5.74) is 2.07. The van der Waals surface area contributed by atoms with Crippen LogP contribution in [-0.2, 0) is 17.9 Å². The van der Waals surface area contributed by atoms with E-state index in [1.165, 1.54) is 10.7 Å². The Hall–Kier alpha value is -3.68. The highest BCUT2D eigenvalue weighted by molar-refractivity contribution is 5.80. The fourth-order valence-corrected chi connectivity index (χ4v) is 2.81. The van der Waals surface area contributed by atoms with Crippen LogP contribution in [0.1, 0.15) is 0 Å². The minimum atomic E-state index is -0.236. The number of imidazole rings is 1. The predicted molar refractivity (Wildman–Crippen MR) is 98.9 cm³/mol. The van der Waals surface area contributed by atoms with E-state index in [0.29, 0.717) is 18.0 Å². The molecule has 0 bridgehead atoms. The number of hydrogen-bond acceptors (Lipinski definition) is 5. The lowest BCUT2D eigenvalue weighted by molar-refractivity contribution is -0.121. The summed E-state index contributed by atoms with van der Waals surface area (Å²) in [6, 6.07) is 14.2. The number of hydrogen-bond donors (Lipinski definition) is 1. The molecule has 1 N–H and O–H groups in total. The fourth-order valence-electron chi connectivity index (χ4n) is 2.81. The number of fused-ring (bicyclic) bond motifs is 1. The quantitative estimate of drug-likeness (QED) is 0.562. The first-order valence-corrected chi connectivity index (χ1v) is 8.49. The van der Waals surface area contributed by atoms with Crippen molar-refractivity contribution >= 4 is 16.9 Å². The summed E-state index contributed by atoms with van der Waals surface area (Å²) in [6.45, 7) is 0.721. The summed E-state index contributed by atoms with van der Waals surface area (Å²) >= 11 is 0. The summed E-state index contributed by atoms with van der Waals surface area (Å²) in [6.07, 6.45) is 3.19. The number of rotatable bonds is 6. The molecule has 27 heavy (non-hydrogen) atoms. The van der Waals surface area contributed by atoms with Gasteiger partial charge in [-0.25, -0.2) is 9.67 Å². The molecule has 0 saturated carbocycles. The highest BCUT2D eigenvalue weighted by Gasteiger charge is 2.08. The Labute approximate surface area is 154 Å². The predicted octanol–water partition coefficient (Wildman–Crippen LogP) is 1.67. The van der Waals surface area contributed by atoms with E-state index in [2.05, 4.69) is 15.4 Å². The lowest BCUT2D eigenvalue weighted by Gasteiger charge is -2.08. The molecule has 0 aliphatic carbocycles. The monoisotopic (exact) mass is 363 g/mol. The molecule has 1 aromatic carbocycles. The van der Waals surface area contributed by atoms with Crippen LogP contribution in [0.3, 0.4) is 0 Å². The van der Waals surface area contributed by atoms with Crippen LogP contribution in [-0.4, -0.2) is 31.8 Å². The highest BCUT2D eigenvalue weighted by Crippen LogP contribution is 2.15. The second-order valence-electron chi connectivity index (χ2n) is 5.97. The number of para-hydroxylation sites is 2. The molecule has 8 nitrogen and oxygen atoms in total. The molecule has 136 valence electrons. The maximum atomic E-state index is 12.2. The number of aromatic nitrogens is 4. The van der Waals surface area contributed by atoms with Gasteiger partial charge in [-0.05, 0) is 30.3 Å².